The molecule has 0 aliphatic heterocycles. The number of carbonyl (C=O) groups is 1. The van der Waals surface area contributed by atoms with Crippen LogP contribution >= 0.6 is 0 Å². The second-order valence-electron chi connectivity index (χ2n) is 4.83. The molecule has 1 aromatic rings. The van der Waals surface area contributed by atoms with Crippen LogP contribution in [0.4, 0.5) is 0 Å². The highest BCUT2D eigenvalue weighted by molar-refractivity contribution is 5.97. The zero-order valence-electron chi connectivity index (χ0n) is 11.1. The molecule has 4 nitrogen and oxygen atoms in total. The summed E-state index contributed by atoms with van der Waals surface area (Å²) in [7, 11) is 0. The second-order valence-corrected chi connectivity index (χ2v) is 4.83. The summed E-state index contributed by atoms with van der Waals surface area (Å²) in [6.45, 7) is 6.20. The van der Waals surface area contributed by atoms with Crippen LogP contribution in [0.25, 0.3) is 0 Å². The van der Waals surface area contributed by atoms with Gasteiger partial charge in [0.05, 0.1) is 5.56 Å². The molecule has 0 radical (unpaired) electrons. The molecule has 1 amide bonds. The number of hydrogen-bond donors (Lipinski definition) is 3. The van der Waals surface area contributed by atoms with Gasteiger partial charge in [-0.15, -0.1) is 0 Å². The van der Waals surface area contributed by atoms with Gasteiger partial charge in [-0.3, -0.25) is 4.79 Å². The Bertz CT molecular complexity index is 418. The van der Waals surface area contributed by atoms with Crippen molar-refractivity contribution in [3.8, 4) is 11.5 Å². The maximum atomic E-state index is 11.9. The third-order valence-corrected chi connectivity index (χ3v) is 3.06. The summed E-state index contributed by atoms with van der Waals surface area (Å²) < 4.78 is 0. The summed E-state index contributed by atoms with van der Waals surface area (Å²) in [5.41, 5.74) is 0.184. The number of phenolic OH excluding ortho intramolecular Hbond substituents is 2. The van der Waals surface area contributed by atoms with Crippen molar-refractivity contribution in [2.75, 3.05) is 0 Å². The lowest BCUT2D eigenvalue weighted by Crippen LogP contribution is -2.33. The second kappa shape index (κ2) is 6.28. The first kappa shape index (κ1) is 14.4. The molecule has 0 saturated carbocycles. The lowest BCUT2D eigenvalue weighted by Gasteiger charge is -2.17. The average molecular weight is 251 g/mol. The Morgan fingerprint density at radius 2 is 2.00 bits per heavy atom. The highest BCUT2D eigenvalue weighted by Gasteiger charge is 2.15. The molecule has 2 unspecified atom stereocenters. The minimum absolute atomic E-state index is 0.0562. The van der Waals surface area contributed by atoms with E-state index in [0.29, 0.717) is 5.92 Å². The van der Waals surface area contributed by atoms with Crippen LogP contribution < -0.4 is 5.32 Å². The molecule has 18 heavy (non-hydrogen) atoms. The molecular weight excluding hydrogens is 230 g/mol. The van der Waals surface area contributed by atoms with Gasteiger partial charge in [0.25, 0.3) is 5.91 Å². The van der Waals surface area contributed by atoms with Crippen molar-refractivity contribution in [2.45, 2.75) is 39.7 Å². The van der Waals surface area contributed by atoms with E-state index < -0.39 is 0 Å². The van der Waals surface area contributed by atoms with E-state index in [-0.39, 0.29) is 29.0 Å². The van der Waals surface area contributed by atoms with Gasteiger partial charge >= 0.3 is 0 Å². The number of phenols is 2. The van der Waals surface area contributed by atoms with Gasteiger partial charge < -0.3 is 15.5 Å². The molecule has 3 N–H and O–H groups in total. The van der Waals surface area contributed by atoms with Crippen LogP contribution in [0.3, 0.4) is 0 Å². The van der Waals surface area contributed by atoms with Gasteiger partial charge in [0.1, 0.15) is 11.5 Å². The monoisotopic (exact) mass is 251 g/mol. The van der Waals surface area contributed by atoms with Crippen molar-refractivity contribution in [1.82, 2.24) is 5.32 Å². The highest BCUT2D eigenvalue weighted by atomic mass is 16.3. The van der Waals surface area contributed by atoms with Crippen molar-refractivity contribution < 1.29 is 15.0 Å². The summed E-state index contributed by atoms with van der Waals surface area (Å²) in [5, 5.41) is 21.6. The maximum absolute atomic E-state index is 11.9. The topological polar surface area (TPSA) is 69.6 Å². The summed E-state index contributed by atoms with van der Waals surface area (Å²) in [6.07, 6.45) is 1.98. The molecule has 1 aromatic carbocycles. The van der Waals surface area contributed by atoms with Crippen molar-refractivity contribution in [3.63, 3.8) is 0 Å². The lowest BCUT2D eigenvalue weighted by molar-refractivity contribution is 0.0932. The Balaban J connectivity index is 2.65. The molecule has 0 saturated heterocycles. The van der Waals surface area contributed by atoms with Crippen LogP contribution in [0.15, 0.2) is 18.2 Å². The van der Waals surface area contributed by atoms with Crippen molar-refractivity contribution >= 4 is 5.91 Å². The summed E-state index contributed by atoms with van der Waals surface area (Å²) in [4.78, 5) is 11.9. The molecule has 0 bridgehead atoms. The van der Waals surface area contributed by atoms with Crippen LogP contribution in [0.5, 0.6) is 11.5 Å². The molecule has 2 atom stereocenters. The maximum Gasteiger partial charge on any atom is 0.255 e. The van der Waals surface area contributed by atoms with E-state index in [2.05, 4.69) is 19.2 Å². The van der Waals surface area contributed by atoms with E-state index in [1.165, 1.54) is 12.1 Å². The molecule has 0 aromatic heterocycles. The number of benzene rings is 1. The fraction of sp³-hybridized carbons (Fsp3) is 0.500. The normalized spacial score (nSPS) is 13.9. The predicted molar refractivity (Wildman–Crippen MR) is 70.8 cm³/mol. The van der Waals surface area contributed by atoms with Gasteiger partial charge in [0, 0.05) is 12.1 Å². The number of carbonyl (C=O) groups excluding carboxylic acids is 1. The van der Waals surface area contributed by atoms with E-state index in [1.54, 1.807) is 0 Å². The molecule has 0 spiro atoms. The van der Waals surface area contributed by atoms with Crippen molar-refractivity contribution in [1.29, 1.82) is 0 Å². The minimum atomic E-state index is -0.316. The SMILES string of the molecule is CCC(C)CC(C)NC(=O)c1ccc(O)cc1O. The van der Waals surface area contributed by atoms with Crippen molar-refractivity contribution in [2.24, 2.45) is 5.92 Å². The van der Waals surface area contributed by atoms with Crippen LogP contribution in [0.2, 0.25) is 0 Å². The molecule has 4 heteroatoms. The van der Waals surface area contributed by atoms with E-state index in [1.807, 2.05) is 6.92 Å². The minimum Gasteiger partial charge on any atom is -0.508 e. The number of rotatable bonds is 5. The van der Waals surface area contributed by atoms with Gasteiger partial charge in [-0.25, -0.2) is 0 Å². The van der Waals surface area contributed by atoms with E-state index in [9.17, 15) is 9.90 Å². The van der Waals surface area contributed by atoms with Gasteiger partial charge in [0.2, 0.25) is 0 Å². The molecule has 1 rings (SSSR count). The predicted octanol–water partition coefficient (Wildman–Crippen LogP) is 2.65. The first-order valence-electron chi connectivity index (χ1n) is 6.26. The average Bonchev–Trinajstić information content (AvgIpc) is 2.28. The number of amides is 1. The Morgan fingerprint density at radius 3 is 2.56 bits per heavy atom. The smallest absolute Gasteiger partial charge is 0.255 e. The van der Waals surface area contributed by atoms with Gasteiger partial charge in [-0.2, -0.15) is 0 Å². The first-order valence-corrected chi connectivity index (χ1v) is 6.26. The Hall–Kier alpha value is -1.71. The Morgan fingerprint density at radius 1 is 1.33 bits per heavy atom. The van der Waals surface area contributed by atoms with Crippen molar-refractivity contribution in [3.05, 3.63) is 23.8 Å². The number of aromatic hydroxyl groups is 2. The molecule has 0 aliphatic rings. The summed E-state index contributed by atoms with van der Waals surface area (Å²) in [6, 6.07) is 4.01. The number of hydrogen-bond acceptors (Lipinski definition) is 3. The number of nitrogens with one attached hydrogen (secondary N) is 1. The van der Waals surface area contributed by atoms with Gasteiger partial charge in [0.15, 0.2) is 0 Å². The largest absolute Gasteiger partial charge is 0.508 e. The van der Waals surface area contributed by atoms with E-state index in [4.69, 9.17) is 5.11 Å². The third kappa shape index (κ3) is 3.95. The fourth-order valence-corrected chi connectivity index (χ4v) is 1.84. The quantitative estimate of drug-likeness (QED) is 0.753. The zero-order chi connectivity index (χ0) is 13.7. The van der Waals surface area contributed by atoms with Gasteiger partial charge in [-0.1, -0.05) is 20.3 Å². The Labute approximate surface area is 108 Å². The molecule has 0 fully saturated rings. The van der Waals surface area contributed by atoms with Crippen LogP contribution in [0.1, 0.15) is 44.0 Å². The molecule has 0 heterocycles. The molecule has 0 aliphatic carbocycles. The third-order valence-electron chi connectivity index (χ3n) is 3.06. The summed E-state index contributed by atoms with van der Waals surface area (Å²) in [5.74, 6) is -0.0306. The van der Waals surface area contributed by atoms with E-state index in [0.717, 1.165) is 18.9 Å². The fourth-order valence-electron chi connectivity index (χ4n) is 1.84. The van der Waals surface area contributed by atoms with Crippen LogP contribution in [0, 0.1) is 5.92 Å². The standard InChI is InChI=1S/C14H21NO3/c1-4-9(2)7-10(3)15-14(18)12-6-5-11(16)8-13(12)17/h5-6,8-10,16-17H,4,7H2,1-3H3,(H,15,18). The molecular formula is C14H21NO3. The summed E-state index contributed by atoms with van der Waals surface area (Å²) >= 11 is 0. The lowest BCUT2D eigenvalue weighted by atomic mass is 10.00. The zero-order valence-corrected chi connectivity index (χ0v) is 11.1. The first-order chi connectivity index (χ1) is 8.43. The van der Waals surface area contributed by atoms with Gasteiger partial charge in [-0.05, 0) is 31.4 Å². The van der Waals surface area contributed by atoms with Crippen LogP contribution in [-0.2, 0) is 0 Å². The highest BCUT2D eigenvalue weighted by Crippen LogP contribution is 2.22. The van der Waals surface area contributed by atoms with Crippen LogP contribution in [-0.4, -0.2) is 22.2 Å². The Kier molecular flexibility index (Phi) is 5.01. The van der Waals surface area contributed by atoms with E-state index >= 15 is 0 Å². The molecule has 100 valence electrons.